The molecule has 1 rings (SSSR count). The van der Waals surface area contributed by atoms with Gasteiger partial charge < -0.3 is 21.5 Å². The first-order valence-corrected chi connectivity index (χ1v) is 6.02. The van der Waals surface area contributed by atoms with Gasteiger partial charge in [0.1, 0.15) is 6.04 Å². The van der Waals surface area contributed by atoms with Crippen molar-refractivity contribution in [2.75, 3.05) is 11.9 Å². The minimum Gasteiger partial charge on any atom is -0.394 e. The van der Waals surface area contributed by atoms with Gasteiger partial charge in [0.15, 0.2) is 0 Å². The first-order chi connectivity index (χ1) is 8.93. The molecule has 1 aromatic carbocycles. The van der Waals surface area contributed by atoms with Gasteiger partial charge in [-0.3, -0.25) is 9.59 Å². The lowest BCUT2D eigenvalue weighted by Gasteiger charge is -2.11. The number of hydrogen-bond donors (Lipinski definition) is 4. The van der Waals surface area contributed by atoms with Crippen molar-refractivity contribution in [3.05, 3.63) is 29.8 Å². The van der Waals surface area contributed by atoms with E-state index in [9.17, 15) is 9.59 Å². The molecule has 20 heavy (non-hydrogen) atoms. The lowest BCUT2D eigenvalue weighted by atomic mass is 10.2. The van der Waals surface area contributed by atoms with Gasteiger partial charge in [-0.05, 0) is 38.1 Å². The molecule has 1 atom stereocenters. The van der Waals surface area contributed by atoms with E-state index >= 15 is 0 Å². The largest absolute Gasteiger partial charge is 0.394 e. The van der Waals surface area contributed by atoms with Gasteiger partial charge in [-0.25, -0.2) is 0 Å². The smallest absolute Gasteiger partial charge is 0.251 e. The van der Waals surface area contributed by atoms with E-state index in [-0.39, 0.29) is 24.4 Å². The maximum atomic E-state index is 11.7. The van der Waals surface area contributed by atoms with E-state index in [0.717, 1.165) is 0 Å². The Bertz CT molecular complexity index is 449. The summed E-state index contributed by atoms with van der Waals surface area (Å²) in [6, 6.07) is 5.54. The van der Waals surface area contributed by atoms with Gasteiger partial charge in [0.2, 0.25) is 5.91 Å². The summed E-state index contributed by atoms with van der Waals surface area (Å²) < 4.78 is 0. The number of anilines is 1. The van der Waals surface area contributed by atoms with E-state index in [4.69, 9.17) is 10.8 Å². The Morgan fingerprint density at radius 2 is 1.80 bits per heavy atom. The van der Waals surface area contributed by atoms with Gasteiger partial charge >= 0.3 is 0 Å². The van der Waals surface area contributed by atoms with Crippen LogP contribution in [0.15, 0.2) is 24.3 Å². The van der Waals surface area contributed by atoms with E-state index in [1.165, 1.54) is 0 Å². The Balaban J connectivity index is 0.00000361. The Morgan fingerprint density at radius 1 is 1.25 bits per heavy atom. The molecule has 0 aliphatic carbocycles. The monoisotopic (exact) mass is 301 g/mol. The molecule has 0 fully saturated rings. The van der Waals surface area contributed by atoms with E-state index in [0.29, 0.717) is 11.3 Å². The zero-order valence-electron chi connectivity index (χ0n) is 11.4. The van der Waals surface area contributed by atoms with Crippen LogP contribution in [0, 0.1) is 0 Å². The fourth-order valence-corrected chi connectivity index (χ4v) is 1.37. The zero-order chi connectivity index (χ0) is 14.4. The molecule has 2 amide bonds. The van der Waals surface area contributed by atoms with Gasteiger partial charge in [0.25, 0.3) is 5.91 Å². The minimum atomic E-state index is -0.955. The first kappa shape index (κ1) is 18.4. The van der Waals surface area contributed by atoms with E-state index < -0.39 is 18.6 Å². The zero-order valence-corrected chi connectivity index (χ0v) is 12.2. The normalized spacial score (nSPS) is 11.4. The average Bonchev–Trinajstić information content (AvgIpc) is 2.37. The lowest BCUT2D eigenvalue weighted by Crippen LogP contribution is -2.38. The Morgan fingerprint density at radius 3 is 2.25 bits per heavy atom. The van der Waals surface area contributed by atoms with Gasteiger partial charge in [0.05, 0.1) is 6.61 Å². The number of rotatable bonds is 5. The van der Waals surface area contributed by atoms with Crippen LogP contribution in [0.25, 0.3) is 0 Å². The topological polar surface area (TPSA) is 104 Å². The molecule has 112 valence electrons. The van der Waals surface area contributed by atoms with Crippen molar-refractivity contribution < 1.29 is 14.7 Å². The average molecular weight is 302 g/mol. The molecule has 0 saturated carbocycles. The second kappa shape index (κ2) is 8.52. The summed E-state index contributed by atoms with van der Waals surface area (Å²) in [5.74, 6) is -0.637. The molecule has 0 unspecified atom stereocenters. The van der Waals surface area contributed by atoms with E-state index in [2.05, 4.69) is 10.6 Å². The summed E-state index contributed by atoms with van der Waals surface area (Å²) in [5.41, 5.74) is 6.41. The van der Waals surface area contributed by atoms with Crippen LogP contribution in [0.2, 0.25) is 0 Å². The minimum absolute atomic E-state index is 0. The lowest BCUT2D eigenvalue weighted by molar-refractivity contribution is -0.118. The number of benzene rings is 1. The number of nitrogens with one attached hydrogen (secondary N) is 2. The summed E-state index contributed by atoms with van der Waals surface area (Å²) in [7, 11) is 0. The van der Waals surface area contributed by atoms with Gasteiger partial charge in [-0.15, -0.1) is 12.4 Å². The molecule has 7 heteroatoms. The fourth-order valence-electron chi connectivity index (χ4n) is 1.37. The molecule has 0 spiro atoms. The third-order valence-corrected chi connectivity index (χ3v) is 2.37. The third-order valence-electron chi connectivity index (χ3n) is 2.37. The molecule has 1 aromatic rings. The molecule has 0 aliphatic rings. The van der Waals surface area contributed by atoms with Crippen molar-refractivity contribution in [3.63, 3.8) is 0 Å². The van der Waals surface area contributed by atoms with Gasteiger partial charge in [-0.2, -0.15) is 0 Å². The van der Waals surface area contributed by atoms with Crippen LogP contribution < -0.4 is 16.4 Å². The molecule has 6 nitrogen and oxygen atoms in total. The Labute approximate surface area is 124 Å². The maximum absolute atomic E-state index is 11.7. The highest BCUT2D eigenvalue weighted by atomic mass is 35.5. The molecule has 0 radical (unpaired) electrons. The second-order valence-electron chi connectivity index (χ2n) is 4.48. The summed E-state index contributed by atoms with van der Waals surface area (Å²) in [6.45, 7) is 3.34. The van der Waals surface area contributed by atoms with E-state index in [1.54, 1.807) is 24.3 Å². The quantitative estimate of drug-likeness (QED) is 0.636. The van der Waals surface area contributed by atoms with Crippen LogP contribution in [0.1, 0.15) is 24.2 Å². The standard InChI is InChI=1S/C13H19N3O3.ClH/c1-8(2)15-12(18)9-3-5-10(6-4-9)16-13(19)11(14)7-17;/h3-6,8,11,17H,7,14H2,1-2H3,(H,15,18)(H,16,19);1H/t11-;/m0./s1. The SMILES string of the molecule is CC(C)NC(=O)c1ccc(NC(=O)[C@@H](N)CO)cc1.Cl. The van der Waals surface area contributed by atoms with Crippen molar-refractivity contribution >= 4 is 29.9 Å². The molecular weight excluding hydrogens is 282 g/mol. The summed E-state index contributed by atoms with van der Waals surface area (Å²) in [5, 5.41) is 14.1. The predicted octanol–water partition coefficient (Wildman–Crippen LogP) is 0.505. The summed E-state index contributed by atoms with van der Waals surface area (Å²) in [6.07, 6.45) is 0. The van der Waals surface area contributed by atoms with Crippen LogP contribution in [-0.2, 0) is 4.79 Å². The maximum Gasteiger partial charge on any atom is 0.251 e. The number of aliphatic hydroxyl groups excluding tert-OH is 1. The van der Waals surface area contributed by atoms with E-state index in [1.807, 2.05) is 13.8 Å². The highest BCUT2D eigenvalue weighted by molar-refractivity contribution is 5.97. The number of halogens is 1. The fraction of sp³-hybridized carbons (Fsp3) is 0.385. The van der Waals surface area contributed by atoms with Gasteiger partial charge in [-0.1, -0.05) is 0 Å². The highest BCUT2D eigenvalue weighted by Crippen LogP contribution is 2.10. The van der Waals surface area contributed by atoms with Crippen molar-refractivity contribution in [1.82, 2.24) is 5.32 Å². The van der Waals surface area contributed by atoms with Crippen molar-refractivity contribution in [2.24, 2.45) is 5.73 Å². The molecule has 5 N–H and O–H groups in total. The van der Waals surface area contributed by atoms with Crippen molar-refractivity contribution in [3.8, 4) is 0 Å². The number of hydrogen-bond acceptors (Lipinski definition) is 4. The number of nitrogens with two attached hydrogens (primary N) is 1. The Hall–Kier alpha value is -1.63. The van der Waals surface area contributed by atoms with Crippen LogP contribution in [0.5, 0.6) is 0 Å². The van der Waals surface area contributed by atoms with Crippen molar-refractivity contribution in [2.45, 2.75) is 25.9 Å². The highest BCUT2D eigenvalue weighted by Gasteiger charge is 2.12. The van der Waals surface area contributed by atoms with Gasteiger partial charge in [0, 0.05) is 17.3 Å². The second-order valence-corrected chi connectivity index (χ2v) is 4.48. The molecule has 0 heterocycles. The first-order valence-electron chi connectivity index (χ1n) is 6.02. The molecule has 0 bridgehead atoms. The van der Waals surface area contributed by atoms with Crippen LogP contribution in [0.4, 0.5) is 5.69 Å². The Kier molecular flexibility index (Phi) is 7.83. The molecule has 0 aliphatic heterocycles. The van der Waals surface area contributed by atoms with Crippen LogP contribution >= 0.6 is 12.4 Å². The van der Waals surface area contributed by atoms with Crippen LogP contribution in [0.3, 0.4) is 0 Å². The summed E-state index contributed by atoms with van der Waals surface area (Å²) >= 11 is 0. The molecule has 0 saturated heterocycles. The van der Waals surface area contributed by atoms with Crippen LogP contribution in [-0.4, -0.2) is 35.6 Å². The predicted molar refractivity (Wildman–Crippen MR) is 80.0 cm³/mol. The molecule has 0 aromatic heterocycles. The number of carbonyl (C=O) groups is 2. The number of aliphatic hydroxyl groups is 1. The number of amides is 2. The molecular formula is C13H20ClN3O3. The van der Waals surface area contributed by atoms with Crippen molar-refractivity contribution in [1.29, 1.82) is 0 Å². The third kappa shape index (κ3) is 5.56. The summed E-state index contributed by atoms with van der Waals surface area (Å²) in [4.78, 5) is 23.1. The number of carbonyl (C=O) groups excluding carboxylic acids is 2.